The van der Waals surface area contributed by atoms with Crippen molar-refractivity contribution in [2.75, 3.05) is 13.7 Å². The van der Waals surface area contributed by atoms with Crippen LogP contribution in [0.1, 0.15) is 11.7 Å². The van der Waals surface area contributed by atoms with Gasteiger partial charge in [0, 0.05) is 12.1 Å². The normalized spacial score (nSPS) is 15.1. The van der Waals surface area contributed by atoms with Crippen molar-refractivity contribution in [3.8, 4) is 0 Å². The summed E-state index contributed by atoms with van der Waals surface area (Å²) in [5, 5.41) is 19.2. The summed E-state index contributed by atoms with van der Waals surface area (Å²) >= 11 is 5.77. The van der Waals surface area contributed by atoms with E-state index in [0.717, 1.165) is 0 Å². The largest absolute Gasteiger partial charge is 0.394 e. The molecule has 14 heavy (non-hydrogen) atoms. The van der Waals surface area contributed by atoms with Crippen molar-refractivity contribution in [2.24, 2.45) is 0 Å². The van der Waals surface area contributed by atoms with Crippen LogP contribution in [0, 0.1) is 0 Å². The van der Waals surface area contributed by atoms with Crippen LogP contribution >= 0.6 is 11.6 Å². The maximum atomic E-state index is 9.76. The highest BCUT2D eigenvalue weighted by atomic mass is 35.5. The monoisotopic (exact) mass is 216 g/mol. The molecule has 0 spiro atoms. The van der Waals surface area contributed by atoms with Gasteiger partial charge >= 0.3 is 0 Å². The summed E-state index contributed by atoms with van der Waals surface area (Å²) in [6.07, 6.45) is -1.47. The highest BCUT2D eigenvalue weighted by Crippen LogP contribution is 2.21. The summed E-state index contributed by atoms with van der Waals surface area (Å²) in [5.41, 5.74) is 0.637. The summed E-state index contributed by atoms with van der Waals surface area (Å²) in [6, 6.07) is 6.84. The van der Waals surface area contributed by atoms with E-state index in [-0.39, 0.29) is 6.61 Å². The Labute approximate surface area is 87.9 Å². The van der Waals surface area contributed by atoms with Crippen LogP contribution in [0.15, 0.2) is 24.3 Å². The number of aliphatic hydroxyl groups is 2. The van der Waals surface area contributed by atoms with Crippen LogP contribution in [0.5, 0.6) is 0 Å². The summed E-state index contributed by atoms with van der Waals surface area (Å²) in [4.78, 5) is 0. The molecular weight excluding hydrogens is 204 g/mol. The zero-order valence-corrected chi connectivity index (χ0v) is 8.61. The fourth-order valence-corrected chi connectivity index (χ4v) is 1.41. The van der Waals surface area contributed by atoms with Crippen molar-refractivity contribution in [2.45, 2.75) is 12.2 Å². The van der Waals surface area contributed by atoms with E-state index in [1.54, 1.807) is 24.3 Å². The highest BCUT2D eigenvalue weighted by molar-refractivity contribution is 6.30. The van der Waals surface area contributed by atoms with Gasteiger partial charge in [-0.25, -0.2) is 0 Å². The Morgan fingerprint density at radius 3 is 2.71 bits per heavy atom. The maximum absolute atomic E-state index is 9.76. The van der Waals surface area contributed by atoms with Crippen molar-refractivity contribution >= 4 is 11.6 Å². The molecule has 0 bridgehead atoms. The molecule has 2 atom stereocenters. The van der Waals surface area contributed by atoms with E-state index < -0.39 is 12.2 Å². The van der Waals surface area contributed by atoms with E-state index in [9.17, 15) is 5.11 Å². The van der Waals surface area contributed by atoms with Gasteiger partial charge < -0.3 is 14.9 Å². The quantitative estimate of drug-likeness (QED) is 0.800. The van der Waals surface area contributed by atoms with Crippen LogP contribution in [0.3, 0.4) is 0 Å². The first-order valence-electron chi connectivity index (χ1n) is 4.26. The summed E-state index contributed by atoms with van der Waals surface area (Å²) in [5.74, 6) is 0. The van der Waals surface area contributed by atoms with Crippen LogP contribution in [0.2, 0.25) is 5.02 Å². The molecular formula is C10H13ClO3. The van der Waals surface area contributed by atoms with Crippen LogP contribution in [0.25, 0.3) is 0 Å². The van der Waals surface area contributed by atoms with E-state index in [1.165, 1.54) is 7.11 Å². The lowest BCUT2D eigenvalue weighted by molar-refractivity contribution is -0.0424. The third-order valence-corrected chi connectivity index (χ3v) is 2.26. The lowest BCUT2D eigenvalue weighted by Crippen LogP contribution is -2.24. The van der Waals surface area contributed by atoms with Gasteiger partial charge in [0.05, 0.1) is 6.61 Å². The van der Waals surface area contributed by atoms with Crippen molar-refractivity contribution in [3.63, 3.8) is 0 Å². The fourth-order valence-electron chi connectivity index (χ4n) is 1.21. The van der Waals surface area contributed by atoms with E-state index in [1.807, 2.05) is 0 Å². The molecule has 0 saturated heterocycles. The molecule has 4 heteroatoms. The summed E-state index contributed by atoms with van der Waals surface area (Å²) < 4.78 is 4.91. The van der Waals surface area contributed by atoms with Gasteiger partial charge in [-0.2, -0.15) is 0 Å². The molecule has 0 aromatic heterocycles. The second-order valence-electron chi connectivity index (χ2n) is 2.96. The van der Waals surface area contributed by atoms with Crippen molar-refractivity contribution in [1.82, 2.24) is 0 Å². The zero-order chi connectivity index (χ0) is 10.6. The minimum absolute atomic E-state index is 0.232. The number of benzene rings is 1. The van der Waals surface area contributed by atoms with Crippen molar-refractivity contribution in [3.05, 3.63) is 34.9 Å². The predicted octanol–water partition coefficient (Wildman–Crippen LogP) is 1.38. The molecule has 1 aromatic rings. The zero-order valence-electron chi connectivity index (χ0n) is 7.85. The number of hydrogen-bond donors (Lipinski definition) is 2. The van der Waals surface area contributed by atoms with E-state index >= 15 is 0 Å². The average Bonchev–Trinajstić information content (AvgIpc) is 2.19. The van der Waals surface area contributed by atoms with E-state index in [0.29, 0.717) is 10.6 Å². The molecule has 0 amide bonds. The van der Waals surface area contributed by atoms with Gasteiger partial charge in [-0.3, -0.25) is 0 Å². The van der Waals surface area contributed by atoms with Crippen LogP contribution in [-0.2, 0) is 4.74 Å². The molecule has 0 aliphatic heterocycles. The maximum Gasteiger partial charge on any atom is 0.110 e. The lowest BCUT2D eigenvalue weighted by Gasteiger charge is -2.19. The predicted molar refractivity (Wildman–Crippen MR) is 54.3 cm³/mol. The fraction of sp³-hybridized carbons (Fsp3) is 0.400. The van der Waals surface area contributed by atoms with Gasteiger partial charge in [0.25, 0.3) is 0 Å². The van der Waals surface area contributed by atoms with Gasteiger partial charge in [-0.15, -0.1) is 0 Å². The molecule has 0 aliphatic rings. The van der Waals surface area contributed by atoms with Gasteiger partial charge in [0.2, 0.25) is 0 Å². The Hall–Kier alpha value is -0.610. The standard InChI is InChI=1S/C10H13ClO3/c1-14-9(6-12)10(13)7-3-2-4-8(11)5-7/h2-5,9-10,12-13H,6H2,1H3/t9-,10+/m1/s1. The molecule has 3 nitrogen and oxygen atoms in total. The Morgan fingerprint density at radius 1 is 1.50 bits per heavy atom. The second kappa shape index (κ2) is 5.32. The smallest absolute Gasteiger partial charge is 0.110 e. The first-order valence-corrected chi connectivity index (χ1v) is 4.64. The second-order valence-corrected chi connectivity index (χ2v) is 3.39. The highest BCUT2D eigenvalue weighted by Gasteiger charge is 2.19. The SMILES string of the molecule is CO[C@H](CO)[C@@H](O)c1cccc(Cl)c1. The Balaban J connectivity index is 2.82. The Morgan fingerprint density at radius 2 is 2.21 bits per heavy atom. The lowest BCUT2D eigenvalue weighted by atomic mass is 10.1. The first-order chi connectivity index (χ1) is 6.69. The molecule has 1 aromatic carbocycles. The molecule has 0 heterocycles. The number of hydrogen-bond acceptors (Lipinski definition) is 3. The number of aliphatic hydroxyl groups excluding tert-OH is 2. The molecule has 0 fully saturated rings. The Kier molecular flexibility index (Phi) is 4.35. The number of halogens is 1. The van der Waals surface area contributed by atoms with Crippen LogP contribution in [0.4, 0.5) is 0 Å². The molecule has 0 aliphatic carbocycles. The minimum Gasteiger partial charge on any atom is -0.394 e. The Bertz CT molecular complexity index is 286. The van der Waals surface area contributed by atoms with Gasteiger partial charge in [-0.1, -0.05) is 23.7 Å². The molecule has 0 radical (unpaired) electrons. The average molecular weight is 217 g/mol. The van der Waals surface area contributed by atoms with Gasteiger partial charge in [0.15, 0.2) is 0 Å². The van der Waals surface area contributed by atoms with Gasteiger partial charge in [-0.05, 0) is 17.7 Å². The summed E-state index contributed by atoms with van der Waals surface area (Å²) in [6.45, 7) is -0.232. The van der Waals surface area contributed by atoms with Crippen molar-refractivity contribution < 1.29 is 14.9 Å². The molecule has 1 rings (SSSR count). The third-order valence-electron chi connectivity index (χ3n) is 2.03. The molecule has 2 N–H and O–H groups in total. The number of ether oxygens (including phenoxy) is 1. The van der Waals surface area contributed by atoms with Crippen LogP contribution < -0.4 is 0 Å². The third kappa shape index (κ3) is 2.69. The molecule has 0 saturated carbocycles. The topological polar surface area (TPSA) is 49.7 Å². The number of methoxy groups -OCH3 is 1. The van der Waals surface area contributed by atoms with Crippen molar-refractivity contribution in [1.29, 1.82) is 0 Å². The molecule has 78 valence electrons. The van der Waals surface area contributed by atoms with E-state index in [2.05, 4.69) is 0 Å². The van der Waals surface area contributed by atoms with Crippen LogP contribution in [-0.4, -0.2) is 30.0 Å². The first kappa shape index (κ1) is 11.5. The summed E-state index contributed by atoms with van der Waals surface area (Å²) in [7, 11) is 1.44. The van der Waals surface area contributed by atoms with Gasteiger partial charge in [0.1, 0.15) is 12.2 Å². The molecule has 0 unspecified atom stereocenters. The van der Waals surface area contributed by atoms with E-state index in [4.69, 9.17) is 21.4 Å². The number of rotatable bonds is 4. The minimum atomic E-state index is -0.858.